The summed E-state index contributed by atoms with van der Waals surface area (Å²) in [6, 6.07) is 0. The van der Waals surface area contributed by atoms with E-state index in [1.165, 1.54) is 64.6 Å². The smallest absolute Gasteiger partial charge is 0.191 e. The molecule has 0 spiro atoms. The number of nitrogens with zero attached hydrogens (tertiary/aromatic N) is 3. The van der Waals surface area contributed by atoms with Gasteiger partial charge in [0.2, 0.25) is 0 Å². The van der Waals surface area contributed by atoms with Gasteiger partial charge >= 0.3 is 0 Å². The molecular formula is C23H45N5O. The van der Waals surface area contributed by atoms with Gasteiger partial charge in [-0.1, -0.05) is 33.1 Å². The van der Waals surface area contributed by atoms with Crippen molar-refractivity contribution in [2.24, 2.45) is 16.8 Å². The van der Waals surface area contributed by atoms with Crippen LogP contribution in [-0.2, 0) is 4.74 Å². The summed E-state index contributed by atoms with van der Waals surface area (Å²) in [5.41, 5.74) is 0.276. The lowest BCUT2D eigenvalue weighted by molar-refractivity contribution is -0.0352. The first-order valence-corrected chi connectivity index (χ1v) is 12.1. The van der Waals surface area contributed by atoms with Crippen LogP contribution in [0.1, 0.15) is 58.8 Å². The highest BCUT2D eigenvalue weighted by atomic mass is 16.5. The molecule has 0 bridgehead atoms. The van der Waals surface area contributed by atoms with Crippen molar-refractivity contribution in [2.45, 2.75) is 64.3 Å². The Hall–Kier alpha value is -0.850. The van der Waals surface area contributed by atoms with E-state index in [0.29, 0.717) is 0 Å². The standard InChI is InChI=1S/C23H45N5O/c1-20(2)17-27-11-7-8-21(18-27)16-25-22(24-3)26-19-23(9-5-4-6-10-23)28-12-14-29-15-13-28/h20-21H,4-19H2,1-3H3,(H2,24,25,26). The van der Waals surface area contributed by atoms with Crippen LogP contribution in [0.3, 0.4) is 0 Å². The van der Waals surface area contributed by atoms with Crippen molar-refractivity contribution in [1.29, 1.82) is 0 Å². The maximum absolute atomic E-state index is 5.62. The van der Waals surface area contributed by atoms with E-state index < -0.39 is 0 Å². The fraction of sp³-hybridized carbons (Fsp3) is 0.957. The second-order valence-electron chi connectivity index (χ2n) is 9.85. The van der Waals surface area contributed by atoms with Gasteiger partial charge in [-0.05, 0) is 44.1 Å². The molecule has 1 saturated carbocycles. The normalized spacial score (nSPS) is 27.2. The number of guanidine groups is 1. The van der Waals surface area contributed by atoms with E-state index in [4.69, 9.17) is 4.74 Å². The van der Waals surface area contributed by atoms with Crippen LogP contribution in [0.2, 0.25) is 0 Å². The third kappa shape index (κ3) is 6.83. The molecule has 0 amide bonds. The van der Waals surface area contributed by atoms with Crippen LogP contribution in [0.5, 0.6) is 0 Å². The Labute approximate surface area is 178 Å². The predicted octanol–water partition coefficient (Wildman–Crippen LogP) is 2.55. The maximum atomic E-state index is 5.62. The zero-order chi connectivity index (χ0) is 20.5. The van der Waals surface area contributed by atoms with Crippen molar-refractivity contribution >= 4 is 5.96 Å². The van der Waals surface area contributed by atoms with E-state index >= 15 is 0 Å². The van der Waals surface area contributed by atoms with E-state index in [9.17, 15) is 0 Å². The van der Waals surface area contributed by atoms with Crippen molar-refractivity contribution in [1.82, 2.24) is 20.4 Å². The molecule has 1 atom stereocenters. The van der Waals surface area contributed by atoms with Gasteiger partial charge in [-0.3, -0.25) is 9.89 Å². The van der Waals surface area contributed by atoms with Crippen LogP contribution in [0.15, 0.2) is 4.99 Å². The van der Waals surface area contributed by atoms with Crippen LogP contribution in [0, 0.1) is 11.8 Å². The number of nitrogens with one attached hydrogen (secondary N) is 2. The van der Waals surface area contributed by atoms with Crippen molar-refractivity contribution in [3.63, 3.8) is 0 Å². The number of aliphatic imine (C=N–C) groups is 1. The number of rotatable bonds is 7. The largest absolute Gasteiger partial charge is 0.379 e. The molecule has 0 aromatic heterocycles. The van der Waals surface area contributed by atoms with Crippen LogP contribution >= 0.6 is 0 Å². The van der Waals surface area contributed by atoms with Gasteiger partial charge in [0.25, 0.3) is 0 Å². The Bertz CT molecular complexity index is 497. The quantitative estimate of drug-likeness (QED) is 0.502. The molecule has 6 heteroatoms. The molecule has 0 radical (unpaired) electrons. The topological polar surface area (TPSA) is 52.1 Å². The van der Waals surface area contributed by atoms with E-state index in [0.717, 1.165) is 57.2 Å². The summed E-state index contributed by atoms with van der Waals surface area (Å²) >= 11 is 0. The van der Waals surface area contributed by atoms with Gasteiger partial charge < -0.3 is 20.3 Å². The van der Waals surface area contributed by atoms with Crippen molar-refractivity contribution in [3.8, 4) is 0 Å². The minimum Gasteiger partial charge on any atom is -0.379 e. The lowest BCUT2D eigenvalue weighted by Gasteiger charge is -2.48. The summed E-state index contributed by atoms with van der Waals surface area (Å²) in [4.78, 5) is 9.88. The Balaban J connectivity index is 1.48. The van der Waals surface area contributed by atoms with Crippen molar-refractivity contribution in [2.75, 3.05) is 66.1 Å². The molecule has 0 aromatic rings. The van der Waals surface area contributed by atoms with Gasteiger partial charge in [-0.15, -0.1) is 0 Å². The number of ether oxygens (including phenoxy) is 1. The molecule has 2 aliphatic heterocycles. The van der Waals surface area contributed by atoms with Crippen LogP contribution in [0.25, 0.3) is 0 Å². The first-order valence-electron chi connectivity index (χ1n) is 12.1. The van der Waals surface area contributed by atoms with E-state index in [2.05, 4.69) is 39.3 Å². The Morgan fingerprint density at radius 3 is 2.52 bits per heavy atom. The van der Waals surface area contributed by atoms with Gasteiger partial charge in [0.05, 0.1) is 13.2 Å². The summed E-state index contributed by atoms with van der Waals surface area (Å²) in [5, 5.41) is 7.34. The average Bonchev–Trinajstić information content (AvgIpc) is 2.75. The lowest BCUT2D eigenvalue weighted by Crippen LogP contribution is -2.60. The summed E-state index contributed by atoms with van der Waals surface area (Å²) in [6.07, 6.45) is 9.32. The highest BCUT2D eigenvalue weighted by Crippen LogP contribution is 2.33. The van der Waals surface area contributed by atoms with Gasteiger partial charge in [0, 0.05) is 51.9 Å². The van der Waals surface area contributed by atoms with E-state index in [1.54, 1.807) is 0 Å². The number of likely N-dealkylation sites (tertiary alicyclic amines) is 1. The molecule has 3 fully saturated rings. The molecule has 0 aromatic carbocycles. The minimum absolute atomic E-state index is 0.276. The molecule has 29 heavy (non-hydrogen) atoms. The molecule has 3 rings (SSSR count). The second-order valence-corrected chi connectivity index (χ2v) is 9.85. The Kier molecular flexibility index (Phi) is 9.07. The van der Waals surface area contributed by atoms with Crippen LogP contribution in [0.4, 0.5) is 0 Å². The summed E-state index contributed by atoms with van der Waals surface area (Å²) in [6.45, 7) is 14.3. The molecule has 1 aliphatic carbocycles. The molecule has 2 heterocycles. The third-order valence-corrected chi connectivity index (χ3v) is 7.06. The van der Waals surface area contributed by atoms with Crippen molar-refractivity contribution in [3.05, 3.63) is 0 Å². The highest BCUT2D eigenvalue weighted by molar-refractivity contribution is 5.79. The first kappa shape index (κ1) is 22.8. The molecule has 2 N–H and O–H groups in total. The highest BCUT2D eigenvalue weighted by Gasteiger charge is 2.38. The van der Waals surface area contributed by atoms with Crippen LogP contribution in [-0.4, -0.2) is 87.4 Å². The van der Waals surface area contributed by atoms with Crippen molar-refractivity contribution < 1.29 is 4.74 Å². The van der Waals surface area contributed by atoms with Gasteiger partial charge in [-0.25, -0.2) is 0 Å². The second kappa shape index (κ2) is 11.5. The van der Waals surface area contributed by atoms with Gasteiger partial charge in [-0.2, -0.15) is 0 Å². The first-order chi connectivity index (χ1) is 14.1. The third-order valence-electron chi connectivity index (χ3n) is 7.06. The molecule has 6 nitrogen and oxygen atoms in total. The zero-order valence-electron chi connectivity index (χ0n) is 19.2. The summed E-state index contributed by atoms with van der Waals surface area (Å²) < 4.78 is 5.62. The average molecular weight is 408 g/mol. The number of hydrogen-bond acceptors (Lipinski definition) is 4. The molecule has 3 aliphatic rings. The van der Waals surface area contributed by atoms with E-state index in [1.807, 2.05) is 7.05 Å². The monoisotopic (exact) mass is 407 g/mol. The maximum Gasteiger partial charge on any atom is 0.191 e. The fourth-order valence-corrected chi connectivity index (χ4v) is 5.56. The number of piperidine rings is 1. The lowest BCUT2D eigenvalue weighted by atomic mass is 9.80. The predicted molar refractivity (Wildman–Crippen MR) is 122 cm³/mol. The summed E-state index contributed by atoms with van der Waals surface area (Å²) in [7, 11) is 1.91. The van der Waals surface area contributed by atoms with Gasteiger partial charge in [0.15, 0.2) is 5.96 Å². The molecule has 1 unspecified atom stereocenters. The SMILES string of the molecule is CN=C(NCC1CCCN(CC(C)C)C1)NCC1(N2CCOCC2)CCCCC1. The fourth-order valence-electron chi connectivity index (χ4n) is 5.56. The number of morpholine rings is 1. The van der Waals surface area contributed by atoms with Crippen LogP contribution < -0.4 is 10.6 Å². The van der Waals surface area contributed by atoms with Gasteiger partial charge in [0.1, 0.15) is 0 Å². The molecule has 2 saturated heterocycles. The number of hydrogen-bond donors (Lipinski definition) is 2. The molecular weight excluding hydrogens is 362 g/mol. The van der Waals surface area contributed by atoms with E-state index in [-0.39, 0.29) is 5.54 Å². The Morgan fingerprint density at radius 1 is 1.07 bits per heavy atom. The molecule has 168 valence electrons. The Morgan fingerprint density at radius 2 is 1.83 bits per heavy atom. The zero-order valence-corrected chi connectivity index (χ0v) is 19.2. The minimum atomic E-state index is 0.276. The summed E-state index contributed by atoms with van der Waals surface area (Å²) in [5.74, 6) is 2.45.